The van der Waals surface area contributed by atoms with Crippen LogP contribution in [0.1, 0.15) is 25.0 Å². The van der Waals surface area contributed by atoms with Gasteiger partial charge in [0.1, 0.15) is 5.82 Å². The van der Waals surface area contributed by atoms with E-state index in [2.05, 4.69) is 79.4 Å². The summed E-state index contributed by atoms with van der Waals surface area (Å²) in [7, 11) is 2.06. The Morgan fingerprint density at radius 3 is 2.52 bits per heavy atom. The predicted molar refractivity (Wildman–Crippen MR) is 90.0 cm³/mol. The lowest BCUT2D eigenvalue weighted by atomic mass is 10.2. The van der Waals surface area contributed by atoms with Crippen molar-refractivity contribution in [2.24, 2.45) is 5.92 Å². The van der Waals surface area contributed by atoms with Gasteiger partial charge in [-0.2, -0.15) is 0 Å². The number of hydrogen-bond acceptors (Lipinski definition) is 3. The lowest BCUT2D eigenvalue weighted by molar-refractivity contribution is 0.552. The summed E-state index contributed by atoms with van der Waals surface area (Å²) in [4.78, 5) is 6.71. The van der Waals surface area contributed by atoms with Crippen LogP contribution in [0.25, 0.3) is 0 Å². The molecule has 0 saturated carbocycles. The fraction of sp³-hybridized carbons (Fsp3) is 0.389. The number of aromatic nitrogens is 1. The van der Waals surface area contributed by atoms with E-state index in [9.17, 15) is 0 Å². The van der Waals surface area contributed by atoms with E-state index in [-0.39, 0.29) is 0 Å². The van der Waals surface area contributed by atoms with Crippen LogP contribution in [-0.4, -0.2) is 18.6 Å². The summed E-state index contributed by atoms with van der Waals surface area (Å²) in [5.74, 6) is 1.64. The Morgan fingerprint density at radius 2 is 1.90 bits per heavy atom. The first kappa shape index (κ1) is 15.5. The van der Waals surface area contributed by atoms with Crippen LogP contribution in [0.4, 0.5) is 11.5 Å². The fourth-order valence-electron chi connectivity index (χ4n) is 2.29. The number of benzene rings is 1. The summed E-state index contributed by atoms with van der Waals surface area (Å²) in [6.07, 6.45) is 1.96. The second-order valence-corrected chi connectivity index (χ2v) is 5.89. The monoisotopic (exact) mass is 283 g/mol. The lowest BCUT2D eigenvalue weighted by Crippen LogP contribution is -2.19. The van der Waals surface area contributed by atoms with Gasteiger partial charge in [-0.1, -0.05) is 38.1 Å². The molecule has 3 heteroatoms. The van der Waals surface area contributed by atoms with Gasteiger partial charge in [-0.3, -0.25) is 0 Å². The molecule has 0 amide bonds. The van der Waals surface area contributed by atoms with Crippen molar-refractivity contribution in [2.45, 2.75) is 27.3 Å². The van der Waals surface area contributed by atoms with Crippen molar-refractivity contribution in [3.05, 3.63) is 53.7 Å². The summed E-state index contributed by atoms with van der Waals surface area (Å²) in [6, 6.07) is 12.6. The molecular weight excluding hydrogens is 258 g/mol. The van der Waals surface area contributed by atoms with E-state index in [1.807, 2.05) is 6.20 Å². The number of nitrogens with one attached hydrogen (secondary N) is 1. The Hall–Kier alpha value is -1.87. The summed E-state index contributed by atoms with van der Waals surface area (Å²) in [5.41, 5.74) is 3.66. The van der Waals surface area contributed by atoms with Gasteiger partial charge in [0, 0.05) is 25.5 Å². The topological polar surface area (TPSA) is 28.2 Å². The van der Waals surface area contributed by atoms with Gasteiger partial charge in [0.25, 0.3) is 0 Å². The van der Waals surface area contributed by atoms with E-state index in [0.29, 0.717) is 5.92 Å². The maximum Gasteiger partial charge on any atom is 0.132 e. The largest absolute Gasteiger partial charge is 0.329 e. The summed E-state index contributed by atoms with van der Waals surface area (Å²) in [6.45, 7) is 8.46. The summed E-state index contributed by atoms with van der Waals surface area (Å²) in [5, 5.41) is 3.44. The quantitative estimate of drug-likeness (QED) is 0.871. The van der Waals surface area contributed by atoms with Gasteiger partial charge in [0.15, 0.2) is 0 Å². The Balaban J connectivity index is 2.03. The molecule has 112 valence electrons. The number of nitrogens with zero attached hydrogens (tertiary/aromatic N) is 2. The first-order valence-corrected chi connectivity index (χ1v) is 7.53. The normalized spacial score (nSPS) is 10.9. The molecule has 3 nitrogen and oxygen atoms in total. The standard InChI is InChI=1S/C18H25N3/c1-14(2)11-19-12-16-9-10-18(20-13-16)21(4)17-8-6-5-7-15(17)3/h5-10,13-14,19H,11-12H2,1-4H3. The van der Waals surface area contributed by atoms with E-state index in [0.717, 1.165) is 18.9 Å². The molecule has 0 atom stereocenters. The number of rotatable bonds is 6. The first-order chi connectivity index (χ1) is 10.1. The Morgan fingerprint density at radius 1 is 1.14 bits per heavy atom. The number of para-hydroxylation sites is 1. The maximum atomic E-state index is 4.58. The van der Waals surface area contributed by atoms with Crippen LogP contribution in [0, 0.1) is 12.8 Å². The van der Waals surface area contributed by atoms with Crippen LogP contribution in [0.5, 0.6) is 0 Å². The highest BCUT2D eigenvalue weighted by atomic mass is 15.2. The molecule has 0 saturated heterocycles. The molecule has 21 heavy (non-hydrogen) atoms. The van der Waals surface area contributed by atoms with E-state index in [1.165, 1.54) is 16.8 Å². The molecule has 0 fully saturated rings. The molecule has 2 aromatic rings. The maximum absolute atomic E-state index is 4.58. The lowest BCUT2D eigenvalue weighted by Gasteiger charge is -2.20. The Bertz CT molecular complexity index is 561. The number of pyridine rings is 1. The molecule has 1 aromatic carbocycles. The number of aryl methyl sites for hydroxylation is 1. The van der Waals surface area contributed by atoms with E-state index >= 15 is 0 Å². The van der Waals surface area contributed by atoms with Crippen LogP contribution in [0.3, 0.4) is 0 Å². The minimum absolute atomic E-state index is 0.671. The van der Waals surface area contributed by atoms with Crippen LogP contribution >= 0.6 is 0 Å². The van der Waals surface area contributed by atoms with Crippen molar-refractivity contribution in [3.63, 3.8) is 0 Å². The summed E-state index contributed by atoms with van der Waals surface area (Å²) < 4.78 is 0. The molecular formula is C18H25N3. The minimum atomic E-state index is 0.671. The molecule has 0 aliphatic heterocycles. The van der Waals surface area contributed by atoms with Gasteiger partial charge in [0.2, 0.25) is 0 Å². The number of anilines is 2. The third-order valence-corrected chi connectivity index (χ3v) is 3.51. The zero-order valence-corrected chi connectivity index (χ0v) is 13.4. The van der Waals surface area contributed by atoms with Crippen LogP contribution < -0.4 is 10.2 Å². The first-order valence-electron chi connectivity index (χ1n) is 7.53. The molecule has 0 spiro atoms. The summed E-state index contributed by atoms with van der Waals surface area (Å²) >= 11 is 0. The van der Waals surface area contributed by atoms with E-state index in [1.54, 1.807) is 0 Å². The van der Waals surface area contributed by atoms with Gasteiger partial charge in [-0.25, -0.2) is 4.98 Å². The molecule has 1 aromatic heterocycles. The smallest absolute Gasteiger partial charge is 0.132 e. The number of hydrogen-bond donors (Lipinski definition) is 1. The minimum Gasteiger partial charge on any atom is -0.329 e. The third-order valence-electron chi connectivity index (χ3n) is 3.51. The van der Waals surface area contributed by atoms with Gasteiger partial charge in [-0.15, -0.1) is 0 Å². The SMILES string of the molecule is Cc1ccccc1N(C)c1ccc(CNCC(C)C)cn1. The van der Waals surface area contributed by atoms with E-state index < -0.39 is 0 Å². The Labute approximate surface area is 128 Å². The average Bonchev–Trinajstić information content (AvgIpc) is 2.47. The molecule has 0 radical (unpaired) electrons. The van der Waals surface area contributed by atoms with Gasteiger partial charge < -0.3 is 10.2 Å². The third kappa shape index (κ3) is 4.30. The Kier molecular flexibility index (Phi) is 5.34. The van der Waals surface area contributed by atoms with Crippen LogP contribution in [-0.2, 0) is 6.54 Å². The molecule has 1 N–H and O–H groups in total. The molecule has 0 aliphatic carbocycles. The molecule has 2 rings (SSSR count). The molecule has 1 heterocycles. The van der Waals surface area contributed by atoms with Crippen molar-refractivity contribution < 1.29 is 0 Å². The zero-order chi connectivity index (χ0) is 15.2. The highest BCUT2D eigenvalue weighted by Gasteiger charge is 2.07. The van der Waals surface area contributed by atoms with Crippen LogP contribution in [0.2, 0.25) is 0 Å². The van der Waals surface area contributed by atoms with Crippen molar-refractivity contribution in [3.8, 4) is 0 Å². The van der Waals surface area contributed by atoms with Gasteiger partial charge in [0.05, 0.1) is 0 Å². The highest BCUT2D eigenvalue weighted by molar-refractivity contribution is 5.62. The van der Waals surface area contributed by atoms with E-state index in [4.69, 9.17) is 0 Å². The second kappa shape index (κ2) is 7.23. The van der Waals surface area contributed by atoms with Crippen molar-refractivity contribution in [2.75, 3.05) is 18.5 Å². The molecule has 0 unspecified atom stereocenters. The molecule has 0 bridgehead atoms. The van der Waals surface area contributed by atoms with Crippen molar-refractivity contribution in [1.29, 1.82) is 0 Å². The fourth-order valence-corrected chi connectivity index (χ4v) is 2.29. The predicted octanol–water partition coefficient (Wildman–Crippen LogP) is 3.90. The second-order valence-electron chi connectivity index (χ2n) is 5.89. The zero-order valence-electron chi connectivity index (χ0n) is 13.4. The average molecular weight is 283 g/mol. The van der Waals surface area contributed by atoms with Gasteiger partial charge >= 0.3 is 0 Å². The van der Waals surface area contributed by atoms with Crippen molar-refractivity contribution >= 4 is 11.5 Å². The van der Waals surface area contributed by atoms with Crippen molar-refractivity contribution in [1.82, 2.24) is 10.3 Å². The van der Waals surface area contributed by atoms with Gasteiger partial charge in [-0.05, 0) is 42.6 Å². The highest BCUT2D eigenvalue weighted by Crippen LogP contribution is 2.24. The van der Waals surface area contributed by atoms with Crippen LogP contribution in [0.15, 0.2) is 42.6 Å². The molecule has 0 aliphatic rings.